The van der Waals surface area contributed by atoms with Crippen LogP contribution in [0.5, 0.6) is 0 Å². The van der Waals surface area contributed by atoms with Crippen molar-refractivity contribution in [2.24, 2.45) is 0 Å². The molecule has 1 N–H and O–H groups in total. The van der Waals surface area contributed by atoms with Crippen LogP contribution in [0.25, 0.3) is 0 Å². The highest BCUT2D eigenvalue weighted by Gasteiger charge is 2.17. The van der Waals surface area contributed by atoms with Gasteiger partial charge in [-0.1, -0.05) is 0 Å². The summed E-state index contributed by atoms with van der Waals surface area (Å²) in [5, 5.41) is 3.22. The Kier molecular flexibility index (Phi) is 2.03. The standard InChI is InChI=1S/C10H13NO2S/c1-7-5-9-8(3-4-11-9)6-10(7)14(2,12)13/h5-6,11H,3-4H2,1-2H3. The van der Waals surface area contributed by atoms with Gasteiger partial charge < -0.3 is 5.32 Å². The third kappa shape index (κ3) is 1.50. The van der Waals surface area contributed by atoms with Gasteiger partial charge in [0.15, 0.2) is 9.84 Å². The smallest absolute Gasteiger partial charge is 0.175 e. The van der Waals surface area contributed by atoms with E-state index >= 15 is 0 Å². The van der Waals surface area contributed by atoms with Crippen molar-refractivity contribution in [1.82, 2.24) is 0 Å². The minimum Gasteiger partial charge on any atom is -0.384 e. The highest BCUT2D eigenvalue weighted by atomic mass is 32.2. The molecule has 0 saturated heterocycles. The van der Waals surface area contributed by atoms with Crippen LogP contribution in [0.3, 0.4) is 0 Å². The largest absolute Gasteiger partial charge is 0.384 e. The first-order valence-electron chi connectivity index (χ1n) is 4.56. The molecule has 0 spiro atoms. The van der Waals surface area contributed by atoms with Crippen LogP contribution in [0.4, 0.5) is 5.69 Å². The number of benzene rings is 1. The Morgan fingerprint density at radius 3 is 2.71 bits per heavy atom. The third-order valence-corrected chi connectivity index (χ3v) is 3.75. The molecular formula is C10H13NO2S. The maximum atomic E-state index is 11.4. The zero-order valence-corrected chi connectivity index (χ0v) is 9.11. The topological polar surface area (TPSA) is 46.2 Å². The SMILES string of the molecule is Cc1cc2c(cc1S(C)(=O)=O)CCN2. The first-order valence-corrected chi connectivity index (χ1v) is 6.45. The molecule has 4 heteroatoms. The van der Waals surface area contributed by atoms with E-state index in [2.05, 4.69) is 5.32 Å². The van der Waals surface area contributed by atoms with Gasteiger partial charge in [0.25, 0.3) is 0 Å². The van der Waals surface area contributed by atoms with Crippen LogP contribution < -0.4 is 5.32 Å². The lowest BCUT2D eigenvalue weighted by atomic mass is 10.1. The van der Waals surface area contributed by atoms with E-state index in [0.29, 0.717) is 4.90 Å². The zero-order chi connectivity index (χ0) is 10.3. The molecule has 1 aromatic carbocycles. The summed E-state index contributed by atoms with van der Waals surface area (Å²) in [6.07, 6.45) is 2.17. The molecule has 1 aliphatic rings. The molecule has 1 heterocycles. The third-order valence-electron chi connectivity index (χ3n) is 2.51. The molecule has 0 atom stereocenters. The summed E-state index contributed by atoms with van der Waals surface area (Å²) in [5.74, 6) is 0. The number of anilines is 1. The summed E-state index contributed by atoms with van der Waals surface area (Å²) < 4.78 is 22.9. The lowest BCUT2D eigenvalue weighted by molar-refractivity contribution is 0.601. The molecule has 2 rings (SSSR count). The normalized spacial score (nSPS) is 15.0. The van der Waals surface area contributed by atoms with Gasteiger partial charge >= 0.3 is 0 Å². The van der Waals surface area contributed by atoms with Crippen LogP contribution in [-0.2, 0) is 16.3 Å². The Balaban J connectivity index is 2.65. The van der Waals surface area contributed by atoms with Crippen molar-refractivity contribution in [3.8, 4) is 0 Å². The molecule has 1 aliphatic heterocycles. The van der Waals surface area contributed by atoms with E-state index in [-0.39, 0.29) is 0 Å². The number of nitrogens with one attached hydrogen (secondary N) is 1. The van der Waals surface area contributed by atoms with E-state index in [1.165, 1.54) is 6.26 Å². The van der Waals surface area contributed by atoms with Crippen LogP contribution in [0.2, 0.25) is 0 Å². The monoisotopic (exact) mass is 211 g/mol. The average Bonchev–Trinajstić information content (AvgIpc) is 2.47. The van der Waals surface area contributed by atoms with Crippen molar-refractivity contribution < 1.29 is 8.42 Å². The molecule has 0 bridgehead atoms. The lowest BCUT2D eigenvalue weighted by Crippen LogP contribution is -2.01. The summed E-state index contributed by atoms with van der Waals surface area (Å²) in [5.41, 5.74) is 3.01. The number of rotatable bonds is 1. The van der Waals surface area contributed by atoms with Crippen molar-refractivity contribution in [2.45, 2.75) is 18.2 Å². The lowest BCUT2D eigenvalue weighted by Gasteiger charge is -2.07. The second kappa shape index (κ2) is 2.98. The Hall–Kier alpha value is -1.03. The first-order chi connectivity index (χ1) is 6.48. The van der Waals surface area contributed by atoms with Gasteiger partial charge in [-0.3, -0.25) is 0 Å². The summed E-state index contributed by atoms with van der Waals surface area (Å²) in [4.78, 5) is 0.458. The fourth-order valence-corrected chi connectivity index (χ4v) is 2.83. The summed E-state index contributed by atoms with van der Waals surface area (Å²) in [7, 11) is -3.08. The molecule has 14 heavy (non-hydrogen) atoms. The summed E-state index contributed by atoms with van der Waals surface area (Å²) >= 11 is 0. The van der Waals surface area contributed by atoms with Crippen molar-refractivity contribution >= 4 is 15.5 Å². The van der Waals surface area contributed by atoms with Crippen LogP contribution in [0.15, 0.2) is 17.0 Å². The number of sulfone groups is 1. The van der Waals surface area contributed by atoms with E-state index in [4.69, 9.17) is 0 Å². The molecule has 0 amide bonds. The average molecular weight is 211 g/mol. The number of hydrogen-bond acceptors (Lipinski definition) is 3. The van der Waals surface area contributed by atoms with Gasteiger partial charge in [0.05, 0.1) is 4.90 Å². The first kappa shape index (κ1) is 9.52. The van der Waals surface area contributed by atoms with Gasteiger partial charge in [-0.2, -0.15) is 0 Å². The predicted molar refractivity (Wildman–Crippen MR) is 56.5 cm³/mol. The highest BCUT2D eigenvalue weighted by molar-refractivity contribution is 7.90. The molecular weight excluding hydrogens is 198 g/mol. The van der Waals surface area contributed by atoms with E-state index < -0.39 is 9.84 Å². The zero-order valence-electron chi connectivity index (χ0n) is 8.29. The van der Waals surface area contributed by atoms with Gasteiger partial charge in [0.2, 0.25) is 0 Å². The second-order valence-electron chi connectivity index (χ2n) is 3.72. The van der Waals surface area contributed by atoms with Gasteiger partial charge in [-0.05, 0) is 36.6 Å². The molecule has 0 radical (unpaired) electrons. The van der Waals surface area contributed by atoms with Crippen molar-refractivity contribution in [3.63, 3.8) is 0 Å². The molecule has 0 aromatic heterocycles. The molecule has 1 aromatic rings. The summed E-state index contributed by atoms with van der Waals surface area (Å²) in [6.45, 7) is 2.73. The minimum atomic E-state index is -3.08. The highest BCUT2D eigenvalue weighted by Crippen LogP contribution is 2.28. The maximum Gasteiger partial charge on any atom is 0.175 e. The van der Waals surface area contributed by atoms with Gasteiger partial charge in [-0.25, -0.2) is 8.42 Å². The van der Waals surface area contributed by atoms with Crippen molar-refractivity contribution in [2.75, 3.05) is 18.1 Å². The van der Waals surface area contributed by atoms with Crippen LogP contribution in [0.1, 0.15) is 11.1 Å². The maximum absolute atomic E-state index is 11.4. The summed E-state index contributed by atoms with van der Waals surface area (Å²) in [6, 6.07) is 3.71. The Labute approximate surface area is 84.1 Å². The fourth-order valence-electron chi connectivity index (χ4n) is 1.83. The minimum absolute atomic E-state index is 0.458. The van der Waals surface area contributed by atoms with Crippen LogP contribution in [-0.4, -0.2) is 21.2 Å². The van der Waals surface area contributed by atoms with Gasteiger partial charge in [-0.15, -0.1) is 0 Å². The van der Waals surface area contributed by atoms with Crippen molar-refractivity contribution in [3.05, 3.63) is 23.3 Å². The van der Waals surface area contributed by atoms with E-state index in [1.54, 1.807) is 6.07 Å². The van der Waals surface area contributed by atoms with Crippen LogP contribution >= 0.6 is 0 Å². The Morgan fingerprint density at radius 2 is 2.07 bits per heavy atom. The number of aryl methyl sites for hydroxylation is 1. The van der Waals surface area contributed by atoms with Gasteiger partial charge in [0, 0.05) is 18.5 Å². The van der Waals surface area contributed by atoms with E-state index in [0.717, 1.165) is 29.8 Å². The Morgan fingerprint density at radius 1 is 1.36 bits per heavy atom. The fraction of sp³-hybridized carbons (Fsp3) is 0.400. The quantitative estimate of drug-likeness (QED) is 0.763. The molecule has 0 unspecified atom stereocenters. The van der Waals surface area contributed by atoms with Gasteiger partial charge in [0.1, 0.15) is 0 Å². The number of fused-ring (bicyclic) bond motifs is 1. The van der Waals surface area contributed by atoms with E-state index in [9.17, 15) is 8.42 Å². The van der Waals surface area contributed by atoms with E-state index in [1.807, 2.05) is 13.0 Å². The van der Waals surface area contributed by atoms with Crippen LogP contribution in [0, 0.1) is 6.92 Å². The predicted octanol–water partition coefficient (Wildman–Crippen LogP) is 1.37. The molecule has 0 saturated carbocycles. The molecule has 76 valence electrons. The second-order valence-corrected chi connectivity index (χ2v) is 5.71. The van der Waals surface area contributed by atoms with Crippen molar-refractivity contribution in [1.29, 1.82) is 0 Å². The molecule has 0 fully saturated rings. The Bertz CT molecular complexity index is 477. The molecule has 3 nitrogen and oxygen atoms in total. The number of hydrogen-bond donors (Lipinski definition) is 1. The molecule has 0 aliphatic carbocycles.